The molecule has 1 saturated carbocycles. The second-order valence-corrected chi connectivity index (χ2v) is 14.1. The monoisotopic (exact) mass is 617 g/mol. The average molecular weight is 618 g/mol. The summed E-state index contributed by atoms with van der Waals surface area (Å²) in [5.41, 5.74) is 6.39. The van der Waals surface area contributed by atoms with Crippen molar-refractivity contribution in [2.45, 2.75) is 82.8 Å². The quantitative estimate of drug-likeness (QED) is 0.183. The number of ether oxygens (including phenoxy) is 2. The van der Waals surface area contributed by atoms with Gasteiger partial charge in [-0.05, 0) is 67.9 Å². The van der Waals surface area contributed by atoms with Crippen molar-refractivity contribution in [1.29, 1.82) is 0 Å². The zero-order valence-corrected chi connectivity index (χ0v) is 25.9. The highest BCUT2D eigenvalue weighted by atomic mass is 31.2. The Morgan fingerprint density at radius 2 is 1.91 bits per heavy atom. The maximum Gasteiger partial charge on any atom is 0.459 e. The molecule has 43 heavy (non-hydrogen) atoms. The summed E-state index contributed by atoms with van der Waals surface area (Å²) in [5.74, 6) is 0.252. The van der Waals surface area contributed by atoms with E-state index in [1.54, 1.807) is 31.2 Å². The summed E-state index contributed by atoms with van der Waals surface area (Å²) in [4.78, 5) is 16.6. The number of rotatable bonds is 11. The van der Waals surface area contributed by atoms with Gasteiger partial charge in [0.15, 0.2) is 5.82 Å². The number of nitrogen functional groups attached to an aromatic ring is 1. The fourth-order valence-electron chi connectivity index (χ4n) is 4.97. The molecule has 1 unspecified atom stereocenters. The largest absolute Gasteiger partial charge is 0.464 e. The van der Waals surface area contributed by atoms with Gasteiger partial charge in [0.2, 0.25) is 0 Å². The van der Waals surface area contributed by atoms with Crippen molar-refractivity contribution in [2.24, 2.45) is 5.92 Å². The fraction of sp³-hybridized carbons (Fsp3) is 0.552. The van der Waals surface area contributed by atoms with Crippen molar-refractivity contribution in [3.63, 3.8) is 0 Å². The smallest absolute Gasteiger partial charge is 0.459 e. The third-order valence-electron chi connectivity index (χ3n) is 7.87. The summed E-state index contributed by atoms with van der Waals surface area (Å²) in [5, 5.41) is 28.9. The number of aliphatic hydroxyl groups is 2. The minimum atomic E-state index is -4.25. The van der Waals surface area contributed by atoms with Crippen molar-refractivity contribution in [3.05, 3.63) is 54.0 Å². The van der Waals surface area contributed by atoms with Gasteiger partial charge < -0.3 is 29.9 Å². The lowest BCUT2D eigenvalue weighted by molar-refractivity contribution is -0.145. The molecule has 6 atom stereocenters. The molecule has 2 fully saturated rings. The number of esters is 1. The van der Waals surface area contributed by atoms with Gasteiger partial charge in [0.05, 0.1) is 18.9 Å². The number of nitrogens with one attached hydrogen (secondary N) is 1. The van der Waals surface area contributed by atoms with Gasteiger partial charge in [-0.25, -0.2) is 14.1 Å². The Labute approximate surface area is 250 Å². The first kappa shape index (κ1) is 31.4. The van der Waals surface area contributed by atoms with E-state index in [9.17, 15) is 19.6 Å². The molecule has 1 aliphatic heterocycles. The molecule has 3 aromatic rings. The number of aromatic nitrogens is 3. The first-order valence-corrected chi connectivity index (χ1v) is 15.9. The lowest BCUT2D eigenvalue weighted by atomic mass is 9.87. The Hall–Kier alpha value is -3.06. The first-order chi connectivity index (χ1) is 20.2. The van der Waals surface area contributed by atoms with Gasteiger partial charge in [-0.2, -0.15) is 10.2 Å². The number of nitrogens with two attached hydrogens (primary N) is 1. The molecule has 0 spiro atoms. The zero-order chi connectivity index (χ0) is 31.2. The van der Waals surface area contributed by atoms with E-state index in [0.717, 1.165) is 18.4 Å². The number of carbonyl (C=O) groups excluding carboxylic acids is 1. The molecule has 0 bridgehead atoms. The number of carbonyl (C=O) groups is 1. The normalized spacial score (nSPS) is 26.3. The van der Waals surface area contributed by atoms with Crippen LogP contribution in [0.4, 0.5) is 5.82 Å². The van der Waals surface area contributed by atoms with E-state index in [0.29, 0.717) is 23.7 Å². The highest BCUT2D eigenvalue weighted by Crippen LogP contribution is 2.47. The molecule has 5 rings (SSSR count). The lowest BCUT2D eigenvalue weighted by Crippen LogP contribution is -2.40. The Bertz CT molecular complexity index is 1500. The third kappa shape index (κ3) is 6.72. The number of anilines is 1. The fourth-order valence-corrected chi connectivity index (χ4v) is 6.47. The Morgan fingerprint density at radius 3 is 2.56 bits per heavy atom. The second kappa shape index (κ2) is 11.8. The highest BCUT2D eigenvalue weighted by Gasteiger charge is 2.54. The summed E-state index contributed by atoms with van der Waals surface area (Å²) in [6.07, 6.45) is -0.641. The Balaban J connectivity index is 1.34. The van der Waals surface area contributed by atoms with Crippen molar-refractivity contribution < 1.29 is 38.1 Å². The Morgan fingerprint density at radius 1 is 1.21 bits per heavy atom. The summed E-state index contributed by atoms with van der Waals surface area (Å²) < 4.78 is 38.7. The maximum atomic E-state index is 14.1. The van der Waals surface area contributed by atoms with Crippen molar-refractivity contribution in [1.82, 2.24) is 19.7 Å². The molecule has 0 radical (unpaired) electrons. The van der Waals surface area contributed by atoms with Crippen molar-refractivity contribution >= 4 is 25.1 Å². The van der Waals surface area contributed by atoms with Gasteiger partial charge in [0.1, 0.15) is 47.5 Å². The summed E-state index contributed by atoms with van der Waals surface area (Å²) in [6.45, 7) is 9.18. The summed E-state index contributed by atoms with van der Waals surface area (Å²) >= 11 is 0. The van der Waals surface area contributed by atoms with Gasteiger partial charge in [0, 0.05) is 0 Å². The molecular formula is C29H40N5O8P. The van der Waals surface area contributed by atoms with Crippen molar-refractivity contribution in [2.75, 3.05) is 18.9 Å². The topological polar surface area (TPSA) is 180 Å². The standard InChI is InChI=1S/C29H40N5O8P/c1-17(27(37)39-14-18-6-7-18)33-43(38,42-20-10-8-19(9-11-20)28(2,3)4)40-15-22-24(35)25(36)29(5,41-22)23-13-12-21-26(30)31-16-32-34(21)23/h8-13,16-18,22,24-25,35-36H,6-7,14-15H2,1-5H3,(H,33,38)(H2,30,31,32)/t17-,22+,24+,25+,29-,43?/m0/s1. The summed E-state index contributed by atoms with van der Waals surface area (Å²) in [6, 6.07) is 9.38. The molecule has 1 aromatic carbocycles. The molecule has 234 valence electrons. The number of hydrogen-bond acceptors (Lipinski definition) is 11. The maximum absolute atomic E-state index is 14.1. The van der Waals surface area contributed by atoms with Crippen LogP contribution in [0, 0.1) is 5.92 Å². The number of hydrogen-bond donors (Lipinski definition) is 4. The molecule has 0 amide bonds. The van der Waals surface area contributed by atoms with Crippen LogP contribution in [0.5, 0.6) is 5.75 Å². The van der Waals surface area contributed by atoms with Crippen LogP contribution in [0.2, 0.25) is 0 Å². The highest BCUT2D eigenvalue weighted by molar-refractivity contribution is 7.52. The lowest BCUT2D eigenvalue weighted by Gasteiger charge is -2.27. The molecule has 1 saturated heterocycles. The number of fused-ring (bicyclic) bond motifs is 1. The van der Waals surface area contributed by atoms with Crippen LogP contribution >= 0.6 is 7.75 Å². The van der Waals surface area contributed by atoms with Gasteiger partial charge in [-0.15, -0.1) is 0 Å². The van der Waals surface area contributed by atoms with Crippen LogP contribution in [0.1, 0.15) is 58.7 Å². The summed E-state index contributed by atoms with van der Waals surface area (Å²) in [7, 11) is -4.25. The molecule has 13 nitrogen and oxygen atoms in total. The number of nitrogens with zero attached hydrogens (tertiary/aromatic N) is 3. The SMILES string of the molecule is C[C@H](NP(=O)(OC[C@H]1O[C@@](C)(c2ccc3c(N)ncnn23)[C@H](O)[C@@H]1O)Oc1ccc(C(C)(C)C)cc1)C(=O)OCC1CC1. The minimum Gasteiger partial charge on any atom is -0.464 e. The van der Waals surface area contributed by atoms with Crippen LogP contribution in [0.25, 0.3) is 5.52 Å². The Kier molecular flexibility index (Phi) is 8.60. The van der Waals surface area contributed by atoms with Crippen LogP contribution in [0.3, 0.4) is 0 Å². The van der Waals surface area contributed by atoms with E-state index in [4.69, 9.17) is 24.3 Å². The van der Waals surface area contributed by atoms with Gasteiger partial charge in [0.25, 0.3) is 0 Å². The molecular weight excluding hydrogens is 577 g/mol. The predicted molar refractivity (Wildman–Crippen MR) is 157 cm³/mol. The van der Waals surface area contributed by atoms with Crippen molar-refractivity contribution in [3.8, 4) is 5.75 Å². The molecule has 2 aliphatic rings. The molecule has 2 aromatic heterocycles. The molecule has 14 heteroatoms. The van der Waals surface area contributed by atoms with E-state index < -0.39 is 50.3 Å². The molecule has 1 aliphatic carbocycles. The van der Waals surface area contributed by atoms with E-state index >= 15 is 0 Å². The number of aliphatic hydroxyl groups excluding tert-OH is 2. The van der Waals surface area contributed by atoms with Gasteiger partial charge >= 0.3 is 13.7 Å². The van der Waals surface area contributed by atoms with E-state index in [1.807, 2.05) is 12.1 Å². The van der Waals surface area contributed by atoms with Crippen LogP contribution < -0.4 is 15.3 Å². The second-order valence-electron chi connectivity index (χ2n) is 12.4. The van der Waals surface area contributed by atoms with Crippen LogP contribution in [0.15, 0.2) is 42.7 Å². The van der Waals surface area contributed by atoms with E-state index in [-0.39, 0.29) is 17.0 Å². The van der Waals surface area contributed by atoms with Gasteiger partial charge in [-0.3, -0.25) is 9.32 Å². The van der Waals surface area contributed by atoms with E-state index in [1.165, 1.54) is 17.8 Å². The third-order valence-corrected chi connectivity index (χ3v) is 9.52. The van der Waals surface area contributed by atoms with Crippen LogP contribution in [-0.4, -0.2) is 68.3 Å². The predicted octanol–water partition coefficient (Wildman–Crippen LogP) is 3.08. The minimum absolute atomic E-state index is 0.108. The zero-order valence-electron chi connectivity index (χ0n) is 25.0. The van der Waals surface area contributed by atoms with Crippen LogP contribution in [-0.2, 0) is 34.4 Å². The molecule has 5 N–H and O–H groups in total. The first-order valence-electron chi connectivity index (χ1n) is 14.3. The van der Waals surface area contributed by atoms with Gasteiger partial charge in [-0.1, -0.05) is 32.9 Å². The number of benzene rings is 1. The van der Waals surface area contributed by atoms with E-state index in [2.05, 4.69) is 35.9 Å². The average Bonchev–Trinajstić information content (AvgIpc) is 3.63. The molecule has 3 heterocycles.